The Morgan fingerprint density at radius 3 is 2.58 bits per heavy atom. The van der Waals surface area contributed by atoms with Gasteiger partial charge in [0.25, 0.3) is 11.6 Å². The first kappa shape index (κ1) is 29.1. The molecule has 0 aromatic heterocycles. The van der Waals surface area contributed by atoms with Crippen LogP contribution < -0.4 is 20.9 Å². The van der Waals surface area contributed by atoms with Crippen molar-refractivity contribution in [3.05, 3.63) is 81.1 Å². The summed E-state index contributed by atoms with van der Waals surface area (Å²) in [5.74, 6) is -0.954. The molecule has 0 bridgehead atoms. The van der Waals surface area contributed by atoms with Crippen molar-refractivity contribution in [2.75, 3.05) is 74.3 Å². The van der Waals surface area contributed by atoms with Crippen LogP contribution in [0, 0.1) is 15.9 Å². The largest absolute Gasteiger partial charge is 0.385 e. The summed E-state index contributed by atoms with van der Waals surface area (Å²) in [6.07, 6.45) is 0.898. The van der Waals surface area contributed by atoms with Crippen molar-refractivity contribution in [3.8, 4) is 0 Å². The van der Waals surface area contributed by atoms with Gasteiger partial charge in [-0.25, -0.2) is 4.39 Å². The van der Waals surface area contributed by atoms with Crippen molar-refractivity contribution in [3.63, 3.8) is 0 Å². The van der Waals surface area contributed by atoms with Crippen molar-refractivity contribution in [2.24, 2.45) is 0 Å². The zero-order valence-electron chi connectivity index (χ0n) is 22.4. The number of carbonyl (C=O) groups excluding carboxylic acids is 1. The average Bonchev–Trinajstić information content (AvgIpc) is 2.92. The number of amides is 1. The van der Waals surface area contributed by atoms with E-state index in [4.69, 9.17) is 16.3 Å². The summed E-state index contributed by atoms with van der Waals surface area (Å²) >= 11 is 6.39. The molecule has 0 atom stereocenters. The Labute approximate surface area is 237 Å². The number of morpholine rings is 1. The van der Waals surface area contributed by atoms with Gasteiger partial charge in [-0.1, -0.05) is 11.6 Å². The molecule has 10 nitrogen and oxygen atoms in total. The van der Waals surface area contributed by atoms with Crippen LogP contribution in [0.1, 0.15) is 16.8 Å². The Bertz CT molecular complexity index is 1370. The number of halogens is 2. The van der Waals surface area contributed by atoms with Gasteiger partial charge in [-0.2, -0.15) is 0 Å². The molecule has 1 heterocycles. The lowest BCUT2D eigenvalue weighted by atomic mass is 10.1. The molecule has 212 valence electrons. The summed E-state index contributed by atoms with van der Waals surface area (Å²) in [5.41, 5.74) is 2.31. The smallest absolute Gasteiger partial charge is 0.292 e. The zero-order valence-corrected chi connectivity index (χ0v) is 23.1. The third-order valence-corrected chi connectivity index (χ3v) is 6.65. The standard InChI is InChI=1S/C28H32ClFN6O4/c1-34(2)9-3-8-31-21-5-7-27(36(38)39)26(18-21)33-25-14-19(4-6-24(25)29)28(37)32-22-15-20(30)16-23(17-22)35-10-12-40-13-11-35/h4-7,14-18,31,33H,3,8-13H2,1-2H3,(H,32,37). The lowest BCUT2D eigenvalue weighted by Crippen LogP contribution is -2.36. The van der Waals surface area contributed by atoms with E-state index < -0.39 is 16.6 Å². The second kappa shape index (κ2) is 13.4. The molecule has 12 heteroatoms. The monoisotopic (exact) mass is 570 g/mol. The van der Waals surface area contributed by atoms with Crippen LogP contribution in [0.5, 0.6) is 0 Å². The number of nitro benzene ring substituents is 1. The Morgan fingerprint density at radius 2 is 1.85 bits per heavy atom. The first-order valence-corrected chi connectivity index (χ1v) is 13.3. The first-order valence-electron chi connectivity index (χ1n) is 12.9. The molecule has 3 aromatic carbocycles. The molecule has 3 aromatic rings. The third-order valence-electron chi connectivity index (χ3n) is 6.32. The Morgan fingerprint density at radius 1 is 1.07 bits per heavy atom. The fourth-order valence-electron chi connectivity index (χ4n) is 4.29. The highest BCUT2D eigenvalue weighted by Gasteiger charge is 2.18. The molecule has 0 saturated carbocycles. The molecule has 1 saturated heterocycles. The number of ether oxygens (including phenoxy) is 1. The molecule has 0 radical (unpaired) electrons. The Balaban J connectivity index is 1.52. The minimum absolute atomic E-state index is 0.139. The first-order chi connectivity index (χ1) is 19.2. The van der Waals surface area contributed by atoms with E-state index in [-0.39, 0.29) is 22.0 Å². The van der Waals surface area contributed by atoms with Crippen molar-refractivity contribution in [2.45, 2.75) is 6.42 Å². The lowest BCUT2D eigenvalue weighted by Gasteiger charge is -2.29. The molecule has 3 N–H and O–H groups in total. The lowest BCUT2D eigenvalue weighted by molar-refractivity contribution is -0.383. The molecule has 1 fully saturated rings. The topological polar surface area (TPSA) is 112 Å². The van der Waals surface area contributed by atoms with Crippen LogP contribution in [0.15, 0.2) is 54.6 Å². The number of carbonyl (C=O) groups is 1. The molecular weight excluding hydrogens is 539 g/mol. The summed E-state index contributed by atoms with van der Waals surface area (Å²) < 4.78 is 19.7. The number of anilines is 5. The number of hydrogen-bond donors (Lipinski definition) is 3. The molecule has 0 aliphatic carbocycles. The quantitative estimate of drug-likeness (QED) is 0.155. The number of nitro groups is 1. The number of benzene rings is 3. The molecule has 4 rings (SSSR count). The van der Waals surface area contributed by atoms with Gasteiger partial charge < -0.3 is 30.5 Å². The number of hydrogen-bond acceptors (Lipinski definition) is 8. The SMILES string of the molecule is CN(C)CCCNc1ccc([N+](=O)[O-])c(Nc2cc(C(=O)Nc3cc(F)cc(N4CCOCC4)c3)ccc2Cl)c1. The predicted molar refractivity (Wildman–Crippen MR) is 157 cm³/mol. The minimum Gasteiger partial charge on any atom is -0.385 e. The normalized spacial score (nSPS) is 13.3. The Hall–Kier alpha value is -3.93. The highest BCUT2D eigenvalue weighted by molar-refractivity contribution is 6.33. The Kier molecular flexibility index (Phi) is 9.75. The van der Waals surface area contributed by atoms with E-state index in [1.54, 1.807) is 18.2 Å². The fourth-order valence-corrected chi connectivity index (χ4v) is 4.46. The van der Waals surface area contributed by atoms with Gasteiger partial charge in [-0.05, 0) is 75.6 Å². The third kappa shape index (κ3) is 7.81. The second-order valence-electron chi connectivity index (χ2n) is 9.64. The highest BCUT2D eigenvalue weighted by Crippen LogP contribution is 2.34. The maximum atomic E-state index is 14.4. The van der Waals surface area contributed by atoms with Crippen LogP contribution >= 0.6 is 11.6 Å². The number of rotatable bonds is 11. The van der Waals surface area contributed by atoms with Gasteiger partial charge in [0.05, 0.1) is 28.8 Å². The maximum Gasteiger partial charge on any atom is 0.292 e. The molecule has 1 aliphatic rings. The van der Waals surface area contributed by atoms with Gasteiger partial charge in [0.1, 0.15) is 11.5 Å². The minimum atomic E-state index is -0.487. The van der Waals surface area contributed by atoms with E-state index in [9.17, 15) is 19.3 Å². The summed E-state index contributed by atoms with van der Waals surface area (Å²) in [7, 11) is 3.99. The predicted octanol–water partition coefficient (Wildman–Crippen LogP) is 5.58. The van der Waals surface area contributed by atoms with Gasteiger partial charge in [0.2, 0.25) is 0 Å². The second-order valence-corrected chi connectivity index (χ2v) is 10.1. The van der Waals surface area contributed by atoms with Gasteiger partial charge in [-0.15, -0.1) is 0 Å². The summed E-state index contributed by atoms with van der Waals surface area (Å²) in [4.78, 5) is 28.4. The van der Waals surface area contributed by atoms with Crippen LogP contribution in [-0.2, 0) is 4.74 Å². The van der Waals surface area contributed by atoms with Gasteiger partial charge >= 0.3 is 0 Å². The summed E-state index contributed by atoms with van der Waals surface area (Å²) in [6.45, 7) is 3.95. The number of nitrogens with one attached hydrogen (secondary N) is 3. The molecule has 0 unspecified atom stereocenters. The molecule has 0 spiro atoms. The molecular formula is C28H32ClFN6O4. The summed E-state index contributed by atoms with van der Waals surface area (Å²) in [6, 6.07) is 13.6. The van der Waals surface area contributed by atoms with E-state index in [0.29, 0.717) is 55.6 Å². The van der Waals surface area contributed by atoms with Crippen molar-refractivity contribution >= 4 is 51.6 Å². The van der Waals surface area contributed by atoms with Crippen LogP contribution in [0.3, 0.4) is 0 Å². The van der Waals surface area contributed by atoms with Crippen molar-refractivity contribution in [1.82, 2.24) is 4.90 Å². The van der Waals surface area contributed by atoms with E-state index in [1.165, 1.54) is 36.4 Å². The van der Waals surface area contributed by atoms with Crippen LogP contribution in [0.4, 0.5) is 38.5 Å². The van der Waals surface area contributed by atoms with Gasteiger partial charge in [0.15, 0.2) is 0 Å². The van der Waals surface area contributed by atoms with E-state index in [2.05, 4.69) is 20.9 Å². The van der Waals surface area contributed by atoms with E-state index >= 15 is 0 Å². The van der Waals surface area contributed by atoms with Crippen molar-refractivity contribution < 1.29 is 18.8 Å². The zero-order chi connectivity index (χ0) is 28.6. The average molecular weight is 571 g/mol. The van der Waals surface area contributed by atoms with Gasteiger partial charge in [0, 0.05) is 48.3 Å². The van der Waals surface area contributed by atoms with Gasteiger partial charge in [-0.3, -0.25) is 14.9 Å². The maximum absolute atomic E-state index is 14.4. The van der Waals surface area contributed by atoms with E-state index in [1.807, 2.05) is 19.0 Å². The molecule has 1 aliphatic heterocycles. The fraction of sp³-hybridized carbons (Fsp3) is 0.321. The summed E-state index contributed by atoms with van der Waals surface area (Å²) in [5, 5.41) is 21.0. The van der Waals surface area contributed by atoms with Crippen LogP contribution in [-0.4, -0.2) is 69.2 Å². The van der Waals surface area contributed by atoms with E-state index in [0.717, 1.165) is 13.0 Å². The molecule has 40 heavy (non-hydrogen) atoms. The van der Waals surface area contributed by atoms with Crippen LogP contribution in [0.25, 0.3) is 0 Å². The highest BCUT2D eigenvalue weighted by atomic mass is 35.5. The van der Waals surface area contributed by atoms with Crippen molar-refractivity contribution in [1.29, 1.82) is 0 Å². The van der Waals surface area contributed by atoms with Crippen LogP contribution in [0.2, 0.25) is 5.02 Å². The number of nitrogens with zero attached hydrogens (tertiary/aromatic N) is 3. The molecule has 1 amide bonds.